The van der Waals surface area contributed by atoms with Crippen molar-refractivity contribution in [2.75, 3.05) is 0 Å². The Bertz CT molecular complexity index is 955. The number of aromatic hydroxyl groups is 1. The van der Waals surface area contributed by atoms with E-state index < -0.39 is 0 Å². The number of H-pyrrole nitrogens is 1. The van der Waals surface area contributed by atoms with Crippen LogP contribution in [0, 0.1) is 0 Å². The fraction of sp³-hybridized carbons (Fsp3) is 0.0455. The van der Waals surface area contributed by atoms with Gasteiger partial charge < -0.3 is 10.1 Å². The van der Waals surface area contributed by atoms with Crippen LogP contribution in [0.5, 0.6) is 5.75 Å². The van der Waals surface area contributed by atoms with Gasteiger partial charge in [-0.2, -0.15) is 0 Å². The summed E-state index contributed by atoms with van der Waals surface area (Å²) in [6.07, 6.45) is 2.65. The van der Waals surface area contributed by atoms with E-state index in [2.05, 4.69) is 46.4 Å². The smallest absolute Gasteiger partial charge is 0.115 e. The molecule has 0 fully saturated rings. The topological polar surface area (TPSA) is 48.9 Å². The molecule has 4 rings (SSSR count). The first-order valence-electron chi connectivity index (χ1n) is 8.25. The van der Waals surface area contributed by atoms with Gasteiger partial charge in [0.1, 0.15) is 11.6 Å². The number of benzene rings is 3. The number of hydrogen-bond donors (Lipinski definition) is 2. The number of imidazole rings is 1. The van der Waals surface area contributed by atoms with E-state index in [0.717, 1.165) is 34.6 Å². The molecule has 4 aromatic rings. The monoisotopic (exact) mass is 326 g/mol. The quantitative estimate of drug-likeness (QED) is 0.552. The lowest BCUT2D eigenvalue weighted by atomic mass is 10.0. The maximum atomic E-state index is 9.39. The molecule has 1 aromatic heterocycles. The SMILES string of the molecule is Oc1ccc(-c2ccc(Cc3ncc(-c4ccccc4)[nH]3)cc2)cc1. The van der Waals surface area contributed by atoms with Crippen LogP contribution in [-0.4, -0.2) is 15.1 Å². The number of rotatable bonds is 4. The minimum atomic E-state index is 0.285. The Morgan fingerprint density at radius 2 is 1.36 bits per heavy atom. The maximum Gasteiger partial charge on any atom is 0.115 e. The molecular formula is C22H18N2O. The summed E-state index contributed by atoms with van der Waals surface area (Å²) < 4.78 is 0. The second-order valence-electron chi connectivity index (χ2n) is 6.03. The molecule has 0 aliphatic rings. The summed E-state index contributed by atoms with van der Waals surface area (Å²) in [5.74, 6) is 1.24. The Balaban J connectivity index is 1.50. The molecule has 122 valence electrons. The molecule has 0 aliphatic heterocycles. The van der Waals surface area contributed by atoms with Gasteiger partial charge in [0.15, 0.2) is 0 Å². The first-order chi connectivity index (χ1) is 12.3. The van der Waals surface area contributed by atoms with Gasteiger partial charge >= 0.3 is 0 Å². The van der Waals surface area contributed by atoms with Crippen LogP contribution in [0.1, 0.15) is 11.4 Å². The molecular weight excluding hydrogens is 308 g/mol. The third-order valence-electron chi connectivity index (χ3n) is 4.24. The molecule has 0 aliphatic carbocycles. The number of phenolic OH excluding ortho intramolecular Hbond substituents is 1. The summed E-state index contributed by atoms with van der Waals surface area (Å²) >= 11 is 0. The van der Waals surface area contributed by atoms with Gasteiger partial charge in [-0.1, -0.05) is 66.7 Å². The largest absolute Gasteiger partial charge is 0.508 e. The number of nitrogens with zero attached hydrogens (tertiary/aromatic N) is 1. The number of hydrogen-bond acceptors (Lipinski definition) is 2. The van der Waals surface area contributed by atoms with Gasteiger partial charge in [0.25, 0.3) is 0 Å². The van der Waals surface area contributed by atoms with E-state index in [-0.39, 0.29) is 5.75 Å². The average molecular weight is 326 g/mol. The highest BCUT2D eigenvalue weighted by atomic mass is 16.3. The normalized spacial score (nSPS) is 10.7. The lowest BCUT2D eigenvalue weighted by molar-refractivity contribution is 0.475. The van der Waals surface area contributed by atoms with Crippen LogP contribution in [0.4, 0.5) is 0 Å². The molecule has 0 saturated carbocycles. The zero-order chi connectivity index (χ0) is 17.1. The van der Waals surface area contributed by atoms with Crippen molar-refractivity contribution in [3.8, 4) is 28.1 Å². The van der Waals surface area contributed by atoms with Crippen molar-refractivity contribution in [2.45, 2.75) is 6.42 Å². The summed E-state index contributed by atoms with van der Waals surface area (Å²) in [5, 5.41) is 9.39. The van der Waals surface area contributed by atoms with E-state index in [0.29, 0.717) is 0 Å². The van der Waals surface area contributed by atoms with Crippen molar-refractivity contribution in [1.82, 2.24) is 9.97 Å². The van der Waals surface area contributed by atoms with E-state index in [4.69, 9.17) is 0 Å². The zero-order valence-corrected chi connectivity index (χ0v) is 13.7. The van der Waals surface area contributed by atoms with Crippen LogP contribution in [0.2, 0.25) is 0 Å². The number of phenols is 1. The summed E-state index contributed by atoms with van der Waals surface area (Å²) in [5.41, 5.74) is 5.61. The molecule has 0 amide bonds. The standard InChI is InChI=1S/C22H18N2O/c25-20-12-10-18(11-13-20)17-8-6-16(7-9-17)14-22-23-15-21(24-22)19-4-2-1-3-5-19/h1-13,15,25H,14H2,(H,23,24). The third kappa shape index (κ3) is 3.45. The second kappa shape index (κ2) is 6.65. The van der Waals surface area contributed by atoms with Crippen molar-refractivity contribution in [1.29, 1.82) is 0 Å². The minimum Gasteiger partial charge on any atom is -0.508 e. The molecule has 3 aromatic carbocycles. The zero-order valence-electron chi connectivity index (χ0n) is 13.7. The third-order valence-corrected chi connectivity index (χ3v) is 4.24. The lowest BCUT2D eigenvalue weighted by Crippen LogP contribution is -1.91. The van der Waals surface area contributed by atoms with Gasteiger partial charge in [-0.15, -0.1) is 0 Å². The van der Waals surface area contributed by atoms with Crippen LogP contribution in [0.3, 0.4) is 0 Å². The van der Waals surface area contributed by atoms with Crippen molar-refractivity contribution >= 4 is 0 Å². The van der Waals surface area contributed by atoms with Gasteiger partial charge in [0, 0.05) is 6.42 Å². The summed E-state index contributed by atoms with van der Waals surface area (Å²) in [6, 6.07) is 25.9. The molecule has 0 saturated heterocycles. The second-order valence-corrected chi connectivity index (χ2v) is 6.03. The molecule has 2 N–H and O–H groups in total. The predicted molar refractivity (Wildman–Crippen MR) is 100 cm³/mol. The molecule has 3 nitrogen and oxygen atoms in total. The van der Waals surface area contributed by atoms with E-state index in [1.807, 2.05) is 36.5 Å². The van der Waals surface area contributed by atoms with Crippen LogP contribution in [-0.2, 0) is 6.42 Å². The maximum absolute atomic E-state index is 9.39. The fourth-order valence-electron chi connectivity index (χ4n) is 2.88. The van der Waals surface area contributed by atoms with Crippen molar-refractivity contribution in [3.63, 3.8) is 0 Å². The first kappa shape index (κ1) is 15.2. The minimum absolute atomic E-state index is 0.285. The van der Waals surface area contributed by atoms with Crippen LogP contribution < -0.4 is 0 Å². The molecule has 3 heteroatoms. The summed E-state index contributed by atoms with van der Waals surface area (Å²) in [7, 11) is 0. The lowest BCUT2D eigenvalue weighted by Gasteiger charge is -2.04. The van der Waals surface area contributed by atoms with Crippen LogP contribution in [0.25, 0.3) is 22.4 Å². The molecule has 0 atom stereocenters. The number of aromatic nitrogens is 2. The molecule has 0 spiro atoms. The Hall–Kier alpha value is -3.33. The summed E-state index contributed by atoms with van der Waals surface area (Å²) in [6.45, 7) is 0. The van der Waals surface area contributed by atoms with Gasteiger partial charge in [-0.25, -0.2) is 4.98 Å². The highest BCUT2D eigenvalue weighted by Gasteiger charge is 2.05. The number of nitrogens with one attached hydrogen (secondary N) is 1. The Morgan fingerprint density at radius 1 is 0.720 bits per heavy atom. The van der Waals surface area contributed by atoms with Crippen LogP contribution in [0.15, 0.2) is 85.1 Å². The molecule has 0 radical (unpaired) electrons. The Kier molecular flexibility index (Phi) is 4.05. The highest BCUT2D eigenvalue weighted by molar-refractivity contribution is 5.64. The Morgan fingerprint density at radius 3 is 2.04 bits per heavy atom. The predicted octanol–water partition coefficient (Wildman–Crippen LogP) is 5.04. The van der Waals surface area contributed by atoms with Crippen LogP contribution >= 0.6 is 0 Å². The van der Waals surface area contributed by atoms with Crippen molar-refractivity contribution < 1.29 is 5.11 Å². The molecule has 25 heavy (non-hydrogen) atoms. The van der Waals surface area contributed by atoms with Gasteiger partial charge in [-0.3, -0.25) is 0 Å². The van der Waals surface area contributed by atoms with E-state index in [1.54, 1.807) is 12.1 Å². The van der Waals surface area contributed by atoms with E-state index in [1.165, 1.54) is 5.56 Å². The molecule has 0 bridgehead atoms. The van der Waals surface area contributed by atoms with Gasteiger partial charge in [0.05, 0.1) is 11.9 Å². The highest BCUT2D eigenvalue weighted by Crippen LogP contribution is 2.23. The van der Waals surface area contributed by atoms with E-state index >= 15 is 0 Å². The first-order valence-corrected chi connectivity index (χ1v) is 8.25. The van der Waals surface area contributed by atoms with E-state index in [9.17, 15) is 5.11 Å². The molecule has 1 heterocycles. The Labute approximate surface area is 146 Å². The van der Waals surface area contributed by atoms with Crippen molar-refractivity contribution in [3.05, 3.63) is 96.4 Å². The number of aromatic amines is 1. The summed E-state index contributed by atoms with van der Waals surface area (Å²) in [4.78, 5) is 7.89. The van der Waals surface area contributed by atoms with Gasteiger partial charge in [-0.05, 0) is 34.4 Å². The molecule has 0 unspecified atom stereocenters. The fourth-order valence-corrected chi connectivity index (χ4v) is 2.88. The van der Waals surface area contributed by atoms with Gasteiger partial charge in [0.2, 0.25) is 0 Å². The average Bonchev–Trinajstić information content (AvgIpc) is 3.12. The van der Waals surface area contributed by atoms with Crippen molar-refractivity contribution in [2.24, 2.45) is 0 Å².